The van der Waals surface area contributed by atoms with E-state index >= 15 is 0 Å². The predicted octanol–water partition coefficient (Wildman–Crippen LogP) is 4.97. The standard InChI is InChI=1S/C32H53N3O3/c1-19-9-14-32(33-18-19)20(2)29-26(38-32)16-25-23-8-7-21-15-22(34-27(36)17-28(37)35(5)6)10-12-30(21,3)24(23)11-13-31(25,29)4/h19-26,29,33H,7-18H2,1-6H3,(H,34,36)/t19-,20+,21+,22?,23-,24+,25+,26+,29+,30+,31+,32-/m1/s1. The summed E-state index contributed by atoms with van der Waals surface area (Å²) >= 11 is 0. The average Bonchev–Trinajstić information content (AvgIpc) is 3.31. The maximum absolute atomic E-state index is 12.5. The van der Waals surface area contributed by atoms with Crippen molar-refractivity contribution in [2.45, 2.75) is 116 Å². The molecule has 12 atom stereocenters. The van der Waals surface area contributed by atoms with Gasteiger partial charge in [-0.25, -0.2) is 0 Å². The van der Waals surface area contributed by atoms with Gasteiger partial charge in [-0.3, -0.25) is 14.9 Å². The number of carbonyl (C=O) groups is 2. The van der Waals surface area contributed by atoms with Crippen LogP contribution in [-0.4, -0.2) is 55.2 Å². The zero-order chi connectivity index (χ0) is 27.0. The van der Waals surface area contributed by atoms with E-state index in [0.29, 0.717) is 34.7 Å². The molecule has 1 spiro atoms. The first-order chi connectivity index (χ1) is 18.0. The zero-order valence-electron chi connectivity index (χ0n) is 24.9. The van der Waals surface area contributed by atoms with Crippen LogP contribution in [0.3, 0.4) is 0 Å². The zero-order valence-corrected chi connectivity index (χ0v) is 24.9. The number of rotatable bonds is 3. The summed E-state index contributed by atoms with van der Waals surface area (Å²) in [4.78, 5) is 26.0. The first kappa shape index (κ1) is 27.1. The van der Waals surface area contributed by atoms with Crippen LogP contribution >= 0.6 is 0 Å². The number of hydrogen-bond donors (Lipinski definition) is 2. The van der Waals surface area contributed by atoms with E-state index in [1.54, 1.807) is 14.1 Å². The van der Waals surface area contributed by atoms with Crippen molar-refractivity contribution in [1.29, 1.82) is 0 Å². The van der Waals surface area contributed by atoms with E-state index < -0.39 is 0 Å². The highest BCUT2D eigenvalue weighted by Gasteiger charge is 2.68. The molecule has 214 valence electrons. The van der Waals surface area contributed by atoms with E-state index in [4.69, 9.17) is 4.74 Å². The van der Waals surface area contributed by atoms with Gasteiger partial charge in [-0.05, 0) is 111 Å². The van der Waals surface area contributed by atoms with Crippen molar-refractivity contribution in [2.75, 3.05) is 20.6 Å². The van der Waals surface area contributed by atoms with E-state index in [1.165, 1.54) is 56.3 Å². The predicted molar refractivity (Wildman–Crippen MR) is 149 cm³/mol. The van der Waals surface area contributed by atoms with Crippen LogP contribution in [0.4, 0.5) is 0 Å². The number of fused-ring (bicyclic) bond motifs is 7. The Hall–Kier alpha value is -1.14. The fraction of sp³-hybridized carbons (Fsp3) is 0.938. The minimum atomic E-state index is -0.117. The molecule has 2 amide bonds. The van der Waals surface area contributed by atoms with Gasteiger partial charge in [0.25, 0.3) is 0 Å². The normalized spacial score (nSPS) is 51.5. The van der Waals surface area contributed by atoms with E-state index in [0.717, 1.165) is 43.1 Å². The van der Waals surface area contributed by atoms with Gasteiger partial charge in [0.05, 0.1) is 6.10 Å². The number of ether oxygens (including phenoxy) is 1. The van der Waals surface area contributed by atoms with Crippen LogP contribution in [0.2, 0.25) is 0 Å². The molecule has 2 N–H and O–H groups in total. The minimum absolute atomic E-state index is 0.0327. The Morgan fingerprint density at radius 1 is 0.947 bits per heavy atom. The van der Waals surface area contributed by atoms with Crippen molar-refractivity contribution in [3.8, 4) is 0 Å². The molecule has 6 aliphatic rings. The lowest BCUT2D eigenvalue weighted by atomic mass is 9.44. The summed E-state index contributed by atoms with van der Waals surface area (Å²) in [6, 6.07) is 0.225. The highest BCUT2D eigenvalue weighted by molar-refractivity contribution is 5.96. The van der Waals surface area contributed by atoms with Gasteiger partial charge < -0.3 is 15.0 Å². The lowest BCUT2D eigenvalue weighted by molar-refractivity contribution is -0.138. The van der Waals surface area contributed by atoms with Gasteiger partial charge in [-0.1, -0.05) is 27.7 Å². The van der Waals surface area contributed by atoms with Crippen molar-refractivity contribution in [3.05, 3.63) is 0 Å². The van der Waals surface area contributed by atoms with Gasteiger partial charge in [0.2, 0.25) is 11.8 Å². The fourth-order valence-electron chi connectivity index (χ4n) is 11.2. The summed E-state index contributed by atoms with van der Waals surface area (Å²) in [6.07, 6.45) is 12.8. The smallest absolute Gasteiger partial charge is 0.231 e. The van der Waals surface area contributed by atoms with E-state index in [1.807, 2.05) is 0 Å². The third-order valence-corrected chi connectivity index (χ3v) is 13.3. The molecule has 4 saturated carbocycles. The minimum Gasteiger partial charge on any atom is -0.357 e. The van der Waals surface area contributed by atoms with Crippen LogP contribution in [0, 0.1) is 52.3 Å². The maximum atomic E-state index is 12.5. The van der Waals surface area contributed by atoms with E-state index in [-0.39, 0.29) is 30.0 Å². The SMILES string of the molecule is C[C@@H]1CC[C@@]2(NC1)O[C@H]1C[C@H]3[C@@H]4CC[C@H]5CC(NC(=O)CC(=O)N(C)C)CC[C@]5(C)[C@H]4CC[C@]3(C)[C@H]1[C@@H]2C. The third-order valence-electron chi connectivity index (χ3n) is 13.3. The van der Waals surface area contributed by atoms with Crippen LogP contribution in [0.1, 0.15) is 98.3 Å². The molecule has 2 aliphatic heterocycles. The Morgan fingerprint density at radius 3 is 2.42 bits per heavy atom. The third kappa shape index (κ3) is 4.09. The second-order valence-electron chi connectivity index (χ2n) is 15.3. The summed E-state index contributed by atoms with van der Waals surface area (Å²) < 4.78 is 7.06. The quantitative estimate of drug-likeness (QED) is 0.509. The number of piperidine rings is 1. The molecule has 38 heavy (non-hydrogen) atoms. The lowest BCUT2D eigenvalue weighted by Crippen LogP contribution is -2.58. The molecule has 2 saturated heterocycles. The first-order valence-electron chi connectivity index (χ1n) is 15.9. The van der Waals surface area contributed by atoms with Crippen LogP contribution in [0.15, 0.2) is 0 Å². The second-order valence-corrected chi connectivity index (χ2v) is 15.3. The van der Waals surface area contributed by atoms with Crippen molar-refractivity contribution < 1.29 is 14.3 Å². The van der Waals surface area contributed by atoms with Gasteiger partial charge in [0.15, 0.2) is 0 Å². The second kappa shape index (κ2) is 9.46. The van der Waals surface area contributed by atoms with Crippen LogP contribution in [0.5, 0.6) is 0 Å². The van der Waals surface area contributed by atoms with Crippen LogP contribution in [-0.2, 0) is 14.3 Å². The highest BCUT2D eigenvalue weighted by atomic mass is 16.5. The Labute approximate surface area is 230 Å². The van der Waals surface area contributed by atoms with Crippen LogP contribution in [0.25, 0.3) is 0 Å². The molecule has 0 bridgehead atoms. The van der Waals surface area contributed by atoms with Crippen molar-refractivity contribution >= 4 is 11.8 Å². The summed E-state index contributed by atoms with van der Waals surface area (Å²) in [5, 5.41) is 7.12. The largest absolute Gasteiger partial charge is 0.357 e. The number of nitrogens with one attached hydrogen (secondary N) is 2. The van der Waals surface area contributed by atoms with Crippen molar-refractivity contribution in [2.24, 2.45) is 52.3 Å². The number of carbonyl (C=O) groups excluding carboxylic acids is 2. The number of hydrogen-bond acceptors (Lipinski definition) is 4. The van der Waals surface area contributed by atoms with E-state index in [9.17, 15) is 9.59 Å². The maximum Gasteiger partial charge on any atom is 0.231 e. The Bertz CT molecular complexity index is 944. The van der Waals surface area contributed by atoms with Gasteiger partial charge in [0, 0.05) is 32.6 Å². The molecular weight excluding hydrogens is 474 g/mol. The molecule has 1 unspecified atom stereocenters. The molecule has 2 heterocycles. The van der Waals surface area contributed by atoms with Crippen molar-refractivity contribution in [1.82, 2.24) is 15.5 Å². The number of nitrogens with zero attached hydrogens (tertiary/aromatic N) is 1. The average molecular weight is 528 g/mol. The lowest BCUT2D eigenvalue weighted by Gasteiger charge is -2.61. The van der Waals surface area contributed by atoms with Gasteiger partial charge in [-0.2, -0.15) is 0 Å². The van der Waals surface area contributed by atoms with Crippen LogP contribution < -0.4 is 10.6 Å². The van der Waals surface area contributed by atoms with E-state index in [2.05, 4.69) is 38.3 Å². The Kier molecular flexibility index (Phi) is 6.74. The van der Waals surface area contributed by atoms with Gasteiger partial charge in [0.1, 0.15) is 12.1 Å². The fourth-order valence-corrected chi connectivity index (χ4v) is 11.2. The molecule has 0 aromatic heterocycles. The molecule has 6 heteroatoms. The summed E-state index contributed by atoms with van der Waals surface area (Å²) in [5.41, 5.74) is 0.723. The summed E-state index contributed by atoms with van der Waals surface area (Å²) in [7, 11) is 3.43. The summed E-state index contributed by atoms with van der Waals surface area (Å²) in [6.45, 7) is 11.2. The molecule has 6 rings (SSSR count). The highest BCUT2D eigenvalue weighted by Crippen LogP contribution is 2.71. The number of amides is 2. The molecular formula is C32H53N3O3. The molecule has 0 aromatic rings. The molecule has 0 radical (unpaired) electrons. The Balaban J connectivity index is 1.12. The Morgan fingerprint density at radius 2 is 1.71 bits per heavy atom. The van der Waals surface area contributed by atoms with Gasteiger partial charge in [-0.15, -0.1) is 0 Å². The van der Waals surface area contributed by atoms with Gasteiger partial charge >= 0.3 is 0 Å². The molecule has 0 aromatic carbocycles. The van der Waals surface area contributed by atoms with Crippen molar-refractivity contribution in [3.63, 3.8) is 0 Å². The molecule has 6 fully saturated rings. The first-order valence-corrected chi connectivity index (χ1v) is 15.9. The summed E-state index contributed by atoms with van der Waals surface area (Å²) in [5.74, 6) is 4.94. The monoisotopic (exact) mass is 527 g/mol. The molecule has 6 nitrogen and oxygen atoms in total. The molecule has 4 aliphatic carbocycles. The topological polar surface area (TPSA) is 70.7 Å².